The molecular formula is C27H21ClN4O5. The van der Waals surface area contributed by atoms with Crippen LogP contribution in [0.1, 0.15) is 40.3 Å². The zero-order valence-electron chi connectivity index (χ0n) is 19.8. The Bertz CT molecular complexity index is 1610. The molecule has 37 heavy (non-hydrogen) atoms. The first-order chi connectivity index (χ1) is 17.7. The molecule has 0 saturated carbocycles. The van der Waals surface area contributed by atoms with Crippen molar-refractivity contribution in [1.29, 1.82) is 0 Å². The minimum atomic E-state index is -0.411. The third-order valence-electron chi connectivity index (χ3n) is 6.14. The van der Waals surface area contributed by atoms with Crippen molar-refractivity contribution in [2.24, 2.45) is 0 Å². The zero-order chi connectivity index (χ0) is 26.4. The summed E-state index contributed by atoms with van der Waals surface area (Å²) in [6, 6.07) is 15.9. The number of nitrogens with zero attached hydrogens (tertiary/aromatic N) is 3. The molecule has 9 nitrogen and oxygen atoms in total. The number of carbonyl (C=O) groups is 3. The second-order valence-electron chi connectivity index (χ2n) is 8.59. The first kappa shape index (κ1) is 24.1. The molecule has 0 bridgehead atoms. The summed E-state index contributed by atoms with van der Waals surface area (Å²) in [5.74, 6) is -1.60. The minimum Gasteiger partial charge on any atom is -0.504 e. The molecule has 0 saturated heterocycles. The smallest absolute Gasteiger partial charge is 0.257 e. The lowest BCUT2D eigenvalue weighted by molar-refractivity contribution is -0.116. The summed E-state index contributed by atoms with van der Waals surface area (Å²) in [5.41, 5.74) is 3.46. The van der Waals surface area contributed by atoms with Gasteiger partial charge in [0.2, 0.25) is 5.91 Å². The molecular weight excluding hydrogens is 496 g/mol. The van der Waals surface area contributed by atoms with E-state index < -0.39 is 5.91 Å². The summed E-state index contributed by atoms with van der Waals surface area (Å²) in [6.45, 7) is 2.93. The summed E-state index contributed by atoms with van der Waals surface area (Å²) in [5, 5.41) is 27.5. The lowest BCUT2D eigenvalue weighted by atomic mass is 9.96. The number of Topliss-reactive ketones (excluding diaryl/α,β-unsaturated/α-hetero) is 1. The fourth-order valence-electron chi connectivity index (χ4n) is 4.40. The van der Waals surface area contributed by atoms with Gasteiger partial charge in [-0.25, -0.2) is 4.68 Å². The van der Waals surface area contributed by atoms with Gasteiger partial charge in [-0.2, -0.15) is 5.10 Å². The van der Waals surface area contributed by atoms with Crippen LogP contribution in [0.25, 0.3) is 16.9 Å². The van der Waals surface area contributed by atoms with Crippen molar-refractivity contribution in [3.8, 4) is 28.4 Å². The Morgan fingerprint density at radius 3 is 2.41 bits per heavy atom. The van der Waals surface area contributed by atoms with E-state index in [2.05, 4.69) is 10.4 Å². The largest absolute Gasteiger partial charge is 0.504 e. The van der Waals surface area contributed by atoms with Gasteiger partial charge in [-0.15, -0.1) is 0 Å². The predicted octanol–water partition coefficient (Wildman–Crippen LogP) is 4.93. The Labute approximate surface area is 216 Å². The van der Waals surface area contributed by atoms with Crippen molar-refractivity contribution >= 4 is 40.6 Å². The monoisotopic (exact) mass is 516 g/mol. The number of fused-ring (bicyclic) bond motifs is 3. The highest BCUT2D eigenvalue weighted by molar-refractivity contribution is 6.34. The molecule has 1 aliphatic heterocycles. The van der Waals surface area contributed by atoms with E-state index in [9.17, 15) is 24.6 Å². The van der Waals surface area contributed by atoms with Gasteiger partial charge >= 0.3 is 0 Å². The molecule has 0 fully saturated rings. The number of hydrogen-bond acceptors (Lipinski definition) is 6. The molecule has 3 N–H and O–H groups in total. The molecule has 0 unspecified atom stereocenters. The first-order valence-corrected chi connectivity index (χ1v) is 11.7. The van der Waals surface area contributed by atoms with Crippen LogP contribution in [0.15, 0.2) is 60.7 Å². The maximum Gasteiger partial charge on any atom is 0.257 e. The van der Waals surface area contributed by atoms with Crippen molar-refractivity contribution in [2.45, 2.75) is 20.4 Å². The Hall–Kier alpha value is -4.63. The van der Waals surface area contributed by atoms with Crippen LogP contribution in [0.3, 0.4) is 0 Å². The van der Waals surface area contributed by atoms with Gasteiger partial charge in [0.15, 0.2) is 17.3 Å². The summed E-state index contributed by atoms with van der Waals surface area (Å²) in [7, 11) is 0. The van der Waals surface area contributed by atoms with Crippen LogP contribution in [0.5, 0.6) is 11.5 Å². The molecule has 186 valence electrons. The lowest BCUT2D eigenvalue weighted by Gasteiger charge is -2.30. The average molecular weight is 517 g/mol. The Balaban J connectivity index is 1.69. The van der Waals surface area contributed by atoms with E-state index in [-0.39, 0.29) is 35.4 Å². The Morgan fingerprint density at radius 1 is 0.973 bits per heavy atom. The van der Waals surface area contributed by atoms with Crippen LogP contribution in [0, 0.1) is 0 Å². The maximum absolute atomic E-state index is 12.9. The number of ketones is 1. The standard InChI is InChI=1S/C27H21ClN4O5/c1-14(33)25-20-13-31(15(2)34)22-9-7-16(29-27(37)18-5-3-4-6-21(18)28)11-19(22)26(20)32(30-25)17-8-10-23(35)24(36)12-17/h3-12,35-36H,13H2,1-2H3,(H,29,37). The van der Waals surface area contributed by atoms with E-state index >= 15 is 0 Å². The van der Waals surface area contributed by atoms with Gasteiger partial charge in [-0.3, -0.25) is 14.4 Å². The third kappa shape index (κ3) is 4.19. The van der Waals surface area contributed by atoms with Crippen LogP contribution < -0.4 is 10.2 Å². The summed E-state index contributed by atoms with van der Waals surface area (Å²) in [4.78, 5) is 39.5. The van der Waals surface area contributed by atoms with E-state index in [1.54, 1.807) is 48.5 Å². The third-order valence-corrected chi connectivity index (χ3v) is 6.47. The van der Waals surface area contributed by atoms with Gasteiger partial charge in [-0.05, 0) is 42.5 Å². The van der Waals surface area contributed by atoms with Crippen LogP contribution >= 0.6 is 11.6 Å². The van der Waals surface area contributed by atoms with Gasteiger partial charge in [0, 0.05) is 36.7 Å². The topological polar surface area (TPSA) is 125 Å². The number of rotatable bonds is 4. The van der Waals surface area contributed by atoms with Crippen molar-refractivity contribution in [1.82, 2.24) is 9.78 Å². The van der Waals surface area contributed by atoms with Crippen molar-refractivity contribution in [2.75, 3.05) is 10.2 Å². The molecule has 4 aromatic rings. The molecule has 0 radical (unpaired) electrons. The predicted molar refractivity (Wildman–Crippen MR) is 139 cm³/mol. The molecule has 3 aromatic carbocycles. The normalized spacial score (nSPS) is 12.0. The number of amides is 2. The summed E-state index contributed by atoms with van der Waals surface area (Å²) < 4.78 is 1.49. The number of anilines is 2. The number of phenolic OH excluding ortho intramolecular Hbond substituents is 2. The zero-order valence-corrected chi connectivity index (χ0v) is 20.6. The Morgan fingerprint density at radius 2 is 1.73 bits per heavy atom. The van der Waals surface area contributed by atoms with E-state index in [1.807, 2.05) is 0 Å². The van der Waals surface area contributed by atoms with Crippen molar-refractivity contribution in [3.63, 3.8) is 0 Å². The maximum atomic E-state index is 12.9. The Kier molecular flexibility index (Phi) is 5.93. The molecule has 1 aliphatic rings. The van der Waals surface area contributed by atoms with Crippen LogP contribution in [-0.2, 0) is 11.3 Å². The quantitative estimate of drug-likeness (QED) is 0.261. The number of carbonyl (C=O) groups excluding carboxylic acids is 3. The number of aromatic hydroxyl groups is 2. The number of nitrogens with one attached hydrogen (secondary N) is 1. The fraction of sp³-hybridized carbons (Fsp3) is 0.111. The van der Waals surface area contributed by atoms with Crippen LogP contribution in [0.4, 0.5) is 11.4 Å². The first-order valence-electron chi connectivity index (χ1n) is 11.3. The van der Waals surface area contributed by atoms with Gasteiger partial charge in [0.25, 0.3) is 5.91 Å². The second kappa shape index (κ2) is 9.11. The SMILES string of the molecule is CC(=O)c1nn(-c2ccc(O)c(O)c2)c2c1CN(C(C)=O)c1ccc(NC(=O)c3ccccc3Cl)cc1-2. The highest BCUT2D eigenvalue weighted by Gasteiger charge is 2.33. The van der Waals surface area contributed by atoms with Gasteiger partial charge in [0.1, 0.15) is 5.69 Å². The lowest BCUT2D eigenvalue weighted by Crippen LogP contribution is -2.31. The molecule has 0 aliphatic carbocycles. The number of halogens is 1. The average Bonchev–Trinajstić information content (AvgIpc) is 3.25. The van der Waals surface area contributed by atoms with Crippen LogP contribution in [-0.4, -0.2) is 37.6 Å². The fourth-order valence-corrected chi connectivity index (χ4v) is 4.62. The number of aromatic nitrogens is 2. The number of benzene rings is 3. The van der Waals surface area contributed by atoms with Gasteiger partial charge in [0.05, 0.1) is 34.2 Å². The molecule has 2 heterocycles. The molecule has 2 amide bonds. The van der Waals surface area contributed by atoms with Gasteiger partial charge in [-0.1, -0.05) is 23.7 Å². The second-order valence-corrected chi connectivity index (χ2v) is 9.00. The van der Waals surface area contributed by atoms with Crippen molar-refractivity contribution < 1.29 is 24.6 Å². The minimum absolute atomic E-state index is 0.113. The van der Waals surface area contributed by atoms with E-state index in [0.717, 1.165) is 0 Å². The number of phenols is 2. The van der Waals surface area contributed by atoms with E-state index in [4.69, 9.17) is 11.6 Å². The molecule has 0 atom stereocenters. The van der Waals surface area contributed by atoms with Crippen molar-refractivity contribution in [3.05, 3.63) is 82.5 Å². The van der Waals surface area contributed by atoms with E-state index in [1.165, 1.54) is 35.6 Å². The summed E-state index contributed by atoms with van der Waals surface area (Å²) >= 11 is 6.18. The molecule has 5 rings (SSSR count). The molecule has 10 heteroatoms. The number of hydrogen-bond donors (Lipinski definition) is 3. The summed E-state index contributed by atoms with van der Waals surface area (Å²) in [6.07, 6.45) is 0. The highest BCUT2D eigenvalue weighted by Crippen LogP contribution is 2.43. The van der Waals surface area contributed by atoms with Crippen LogP contribution in [0.2, 0.25) is 5.02 Å². The molecule has 1 aromatic heterocycles. The molecule has 0 spiro atoms. The van der Waals surface area contributed by atoms with E-state index in [0.29, 0.717) is 44.5 Å². The highest BCUT2D eigenvalue weighted by atomic mass is 35.5. The van der Waals surface area contributed by atoms with Gasteiger partial charge < -0.3 is 20.4 Å².